The first-order valence-electron chi connectivity index (χ1n) is 7.50. The van der Waals surface area contributed by atoms with E-state index >= 15 is 0 Å². The van der Waals surface area contributed by atoms with Crippen LogP contribution in [0.15, 0.2) is 54.6 Å². The zero-order valence-electron chi connectivity index (χ0n) is 12.0. The van der Waals surface area contributed by atoms with Crippen LogP contribution in [0, 0.1) is 0 Å². The maximum Gasteiger partial charge on any atom is 0.251 e. The van der Waals surface area contributed by atoms with Gasteiger partial charge in [0.1, 0.15) is 0 Å². The molecule has 1 fully saturated rings. The van der Waals surface area contributed by atoms with Crippen LogP contribution in [0.3, 0.4) is 0 Å². The van der Waals surface area contributed by atoms with Crippen LogP contribution in [0.5, 0.6) is 0 Å². The highest BCUT2D eigenvalue weighted by molar-refractivity contribution is 6.00. The summed E-state index contributed by atoms with van der Waals surface area (Å²) in [5, 5.41) is 6.44. The Balaban J connectivity index is 1.76. The molecule has 1 aliphatic rings. The highest BCUT2D eigenvalue weighted by Crippen LogP contribution is 2.23. The van der Waals surface area contributed by atoms with Crippen LogP contribution < -0.4 is 10.6 Å². The smallest absolute Gasteiger partial charge is 0.251 e. The minimum absolute atomic E-state index is 0.00292. The molecule has 1 unspecified atom stereocenters. The summed E-state index contributed by atoms with van der Waals surface area (Å²) in [6.45, 7) is 1.75. The Kier molecular flexibility index (Phi) is 4.31. The van der Waals surface area contributed by atoms with E-state index in [1.54, 1.807) is 0 Å². The number of hydrogen-bond acceptors (Lipinski definition) is 2. The van der Waals surface area contributed by atoms with Crippen molar-refractivity contribution in [3.05, 3.63) is 60.2 Å². The molecule has 1 heterocycles. The van der Waals surface area contributed by atoms with E-state index in [2.05, 4.69) is 10.6 Å². The molecule has 2 aromatic rings. The number of hydrogen-bond donors (Lipinski definition) is 2. The van der Waals surface area contributed by atoms with Crippen molar-refractivity contribution in [2.75, 3.05) is 13.1 Å². The van der Waals surface area contributed by atoms with Gasteiger partial charge in [-0.25, -0.2) is 0 Å². The molecule has 3 heteroatoms. The van der Waals surface area contributed by atoms with E-state index in [1.807, 2.05) is 54.6 Å². The first-order valence-corrected chi connectivity index (χ1v) is 7.50. The van der Waals surface area contributed by atoms with Crippen LogP contribution in [0.4, 0.5) is 0 Å². The van der Waals surface area contributed by atoms with E-state index in [-0.39, 0.29) is 5.91 Å². The Morgan fingerprint density at radius 2 is 1.86 bits per heavy atom. The van der Waals surface area contributed by atoms with Crippen LogP contribution in [0.2, 0.25) is 0 Å². The number of carbonyl (C=O) groups excluding carboxylic acids is 1. The highest BCUT2D eigenvalue weighted by atomic mass is 16.1. The third kappa shape index (κ3) is 3.31. The second kappa shape index (κ2) is 6.55. The van der Waals surface area contributed by atoms with Gasteiger partial charge >= 0.3 is 0 Å². The molecule has 1 aliphatic heterocycles. The van der Waals surface area contributed by atoms with Gasteiger partial charge in [-0.15, -0.1) is 0 Å². The topological polar surface area (TPSA) is 41.1 Å². The molecule has 0 bridgehead atoms. The minimum Gasteiger partial charge on any atom is -0.350 e. The summed E-state index contributed by atoms with van der Waals surface area (Å²) in [4.78, 5) is 12.5. The molecule has 1 amide bonds. The number of rotatable bonds is 4. The van der Waals surface area contributed by atoms with Crippen molar-refractivity contribution in [1.29, 1.82) is 0 Å². The van der Waals surface area contributed by atoms with Crippen molar-refractivity contribution in [1.82, 2.24) is 10.6 Å². The lowest BCUT2D eigenvalue weighted by atomic mass is 9.99. The zero-order chi connectivity index (χ0) is 14.5. The van der Waals surface area contributed by atoms with Gasteiger partial charge < -0.3 is 10.6 Å². The van der Waals surface area contributed by atoms with Gasteiger partial charge in [0, 0.05) is 18.2 Å². The zero-order valence-corrected chi connectivity index (χ0v) is 12.0. The standard InChI is InChI=1S/C18H20N2O/c21-18(20-13-15-9-6-12-19-15)17-11-5-4-10-16(17)14-7-2-1-3-8-14/h1-5,7-8,10-11,15,19H,6,9,12-13H2,(H,20,21). The minimum atomic E-state index is 0.00292. The van der Waals surface area contributed by atoms with Crippen LogP contribution in [0.1, 0.15) is 23.2 Å². The summed E-state index contributed by atoms with van der Waals surface area (Å²) >= 11 is 0. The van der Waals surface area contributed by atoms with Gasteiger partial charge in [0.2, 0.25) is 0 Å². The molecule has 3 nitrogen and oxygen atoms in total. The molecule has 108 valence electrons. The lowest BCUT2D eigenvalue weighted by Gasteiger charge is -2.13. The predicted octanol–water partition coefficient (Wildman–Crippen LogP) is 2.84. The van der Waals surface area contributed by atoms with Crippen LogP contribution >= 0.6 is 0 Å². The number of carbonyl (C=O) groups is 1. The fraction of sp³-hybridized carbons (Fsp3) is 0.278. The molecule has 3 rings (SSSR count). The van der Waals surface area contributed by atoms with Crippen molar-refractivity contribution < 1.29 is 4.79 Å². The second-order valence-electron chi connectivity index (χ2n) is 5.41. The maximum atomic E-state index is 12.5. The molecule has 1 saturated heterocycles. The average molecular weight is 280 g/mol. The predicted molar refractivity (Wildman–Crippen MR) is 85.2 cm³/mol. The van der Waals surface area contributed by atoms with Crippen LogP contribution in [0.25, 0.3) is 11.1 Å². The molecule has 21 heavy (non-hydrogen) atoms. The molecule has 0 saturated carbocycles. The van der Waals surface area contributed by atoms with Crippen LogP contribution in [-0.4, -0.2) is 25.0 Å². The second-order valence-corrected chi connectivity index (χ2v) is 5.41. The molecule has 0 aliphatic carbocycles. The van der Waals surface area contributed by atoms with Gasteiger partial charge in [0.05, 0.1) is 0 Å². The van der Waals surface area contributed by atoms with E-state index in [0.717, 1.165) is 29.7 Å². The fourth-order valence-corrected chi connectivity index (χ4v) is 2.79. The molecule has 0 radical (unpaired) electrons. The third-order valence-electron chi connectivity index (χ3n) is 3.93. The van der Waals surface area contributed by atoms with Gasteiger partial charge in [0.15, 0.2) is 0 Å². The van der Waals surface area contributed by atoms with Crippen molar-refractivity contribution in [3.8, 4) is 11.1 Å². The number of nitrogens with one attached hydrogen (secondary N) is 2. The fourth-order valence-electron chi connectivity index (χ4n) is 2.79. The normalized spacial score (nSPS) is 17.6. The van der Waals surface area contributed by atoms with Crippen LogP contribution in [-0.2, 0) is 0 Å². The quantitative estimate of drug-likeness (QED) is 0.904. The van der Waals surface area contributed by atoms with Gasteiger partial charge in [-0.3, -0.25) is 4.79 Å². The molecular formula is C18H20N2O. The van der Waals surface area contributed by atoms with E-state index in [4.69, 9.17) is 0 Å². The Morgan fingerprint density at radius 1 is 1.10 bits per heavy atom. The third-order valence-corrected chi connectivity index (χ3v) is 3.93. The van der Waals surface area contributed by atoms with Gasteiger partial charge in [-0.2, -0.15) is 0 Å². The maximum absolute atomic E-state index is 12.5. The van der Waals surface area contributed by atoms with E-state index in [0.29, 0.717) is 12.6 Å². The lowest BCUT2D eigenvalue weighted by Crippen LogP contribution is -2.37. The molecule has 1 atom stereocenters. The van der Waals surface area contributed by atoms with Crippen molar-refractivity contribution in [2.24, 2.45) is 0 Å². The van der Waals surface area contributed by atoms with Crippen molar-refractivity contribution in [3.63, 3.8) is 0 Å². The first kappa shape index (κ1) is 13.8. The van der Waals surface area contributed by atoms with E-state index in [1.165, 1.54) is 6.42 Å². The Labute approximate surface area is 125 Å². The van der Waals surface area contributed by atoms with E-state index < -0.39 is 0 Å². The summed E-state index contributed by atoms with van der Waals surface area (Å²) in [5.74, 6) is 0.00292. The molecule has 2 aromatic carbocycles. The largest absolute Gasteiger partial charge is 0.350 e. The molecular weight excluding hydrogens is 260 g/mol. The Bertz CT molecular complexity index is 604. The first-order chi connectivity index (χ1) is 10.3. The number of amides is 1. The van der Waals surface area contributed by atoms with E-state index in [9.17, 15) is 4.79 Å². The number of benzene rings is 2. The summed E-state index contributed by atoms with van der Waals surface area (Å²) in [7, 11) is 0. The molecule has 0 spiro atoms. The molecule has 2 N–H and O–H groups in total. The van der Waals surface area contributed by atoms with Gasteiger partial charge in [-0.1, -0.05) is 48.5 Å². The highest BCUT2D eigenvalue weighted by Gasteiger charge is 2.17. The SMILES string of the molecule is O=C(NCC1CCCN1)c1ccccc1-c1ccccc1. The molecule has 0 aromatic heterocycles. The van der Waals surface area contributed by atoms with Crippen molar-refractivity contribution in [2.45, 2.75) is 18.9 Å². The average Bonchev–Trinajstić information content (AvgIpc) is 3.07. The van der Waals surface area contributed by atoms with Gasteiger partial charge in [0.25, 0.3) is 5.91 Å². The monoisotopic (exact) mass is 280 g/mol. The van der Waals surface area contributed by atoms with Gasteiger partial charge in [-0.05, 0) is 36.6 Å². The Morgan fingerprint density at radius 3 is 2.62 bits per heavy atom. The summed E-state index contributed by atoms with van der Waals surface area (Å²) in [6.07, 6.45) is 2.34. The van der Waals surface area contributed by atoms with Crippen molar-refractivity contribution >= 4 is 5.91 Å². The summed E-state index contributed by atoms with van der Waals surface area (Å²) in [5.41, 5.74) is 2.79. The lowest BCUT2D eigenvalue weighted by molar-refractivity contribution is 0.0951. The summed E-state index contributed by atoms with van der Waals surface area (Å²) < 4.78 is 0. The Hall–Kier alpha value is -2.13. The summed E-state index contributed by atoms with van der Waals surface area (Å²) in [6, 6.07) is 18.2.